The Balaban J connectivity index is 1.12. The fourth-order valence-electron chi connectivity index (χ4n) is 3.17. The summed E-state index contributed by atoms with van der Waals surface area (Å²) in [5, 5.41) is 1.56. The first-order valence-corrected chi connectivity index (χ1v) is 19.7. The summed E-state index contributed by atoms with van der Waals surface area (Å²) in [5.74, 6) is 2.53. The Kier molecular flexibility index (Phi) is 7.85. The zero-order valence-corrected chi connectivity index (χ0v) is 25.7. The van der Waals surface area contributed by atoms with Gasteiger partial charge in [0.05, 0.1) is 42.4 Å². The van der Waals surface area contributed by atoms with Gasteiger partial charge >= 0.3 is 0 Å². The summed E-state index contributed by atoms with van der Waals surface area (Å²) in [6, 6.07) is 0. The quantitative estimate of drug-likeness (QED) is 0.290. The maximum Gasteiger partial charge on any atom is 0.0718 e. The van der Waals surface area contributed by atoms with Crippen molar-refractivity contribution in [3.63, 3.8) is 0 Å². The topological polar surface area (TPSA) is 0 Å². The van der Waals surface area contributed by atoms with Crippen LogP contribution in [0.25, 0.3) is 0 Å². The van der Waals surface area contributed by atoms with Crippen LogP contribution in [0.4, 0.5) is 0 Å². The Morgan fingerprint density at radius 1 is 0.467 bits per heavy atom. The Hall–Kier alpha value is 2.90. The normalized spacial score (nSPS) is 31.4. The molecule has 0 aromatic rings. The van der Waals surface area contributed by atoms with E-state index in [1.165, 1.54) is 49.8 Å². The molecule has 160 valence electrons. The minimum Gasteiger partial charge on any atom is -0.116 e. The summed E-state index contributed by atoms with van der Waals surface area (Å²) in [5.41, 5.74) is 0. The van der Waals surface area contributed by atoms with Crippen molar-refractivity contribution in [1.82, 2.24) is 0 Å². The lowest BCUT2D eigenvalue weighted by molar-refractivity contribution is 0.739. The highest BCUT2D eigenvalue weighted by molar-refractivity contribution is 8.51. The number of hydrogen-bond donors (Lipinski definition) is 0. The summed E-state index contributed by atoms with van der Waals surface area (Å²) in [7, 11) is 0. The van der Waals surface area contributed by atoms with Crippen LogP contribution in [0.3, 0.4) is 0 Å². The van der Waals surface area contributed by atoms with Crippen LogP contribution in [-0.2, 0) is 0 Å². The van der Waals surface area contributed by atoms with E-state index in [-0.39, 0.29) is 0 Å². The molecule has 0 amide bonds. The van der Waals surface area contributed by atoms with Crippen LogP contribution in [0, 0.1) is 0 Å². The highest BCUT2D eigenvalue weighted by Crippen LogP contribution is 2.74. The molecule has 2 atom stereocenters. The second-order valence-electron chi connectivity index (χ2n) is 6.52. The third-order valence-corrected chi connectivity index (χ3v) is 23.6. The van der Waals surface area contributed by atoms with Crippen LogP contribution < -0.4 is 0 Å². The van der Waals surface area contributed by atoms with E-state index in [4.69, 9.17) is 0 Å². The molecule has 0 aliphatic carbocycles. The standard InChI is InChI=1S/C18H16S12/c1-3-7-8(4-2)22-12-11(21-7)25-15(26-12)16-29-17-18(30-16)28-14(27-17)13-23-9-10(24-13)20-6-5-19-9/h7-8H,3-6H2,1-2H3/t7-,8+. The average molecular weight is 617 g/mol. The van der Waals surface area contributed by atoms with Crippen molar-refractivity contribution < 1.29 is 0 Å². The van der Waals surface area contributed by atoms with Crippen LogP contribution in [-0.4, -0.2) is 22.0 Å². The van der Waals surface area contributed by atoms with Gasteiger partial charge in [-0.1, -0.05) is 108 Å². The molecular weight excluding hydrogens is 601 g/mol. The highest BCUT2D eigenvalue weighted by atomic mass is 32.3. The molecule has 0 aromatic carbocycles. The van der Waals surface area contributed by atoms with E-state index in [1.54, 1.807) is 16.9 Å². The van der Waals surface area contributed by atoms with Gasteiger partial charge in [0.2, 0.25) is 0 Å². The van der Waals surface area contributed by atoms with Gasteiger partial charge < -0.3 is 0 Å². The SMILES string of the molecule is CC[C@@H]1SC2=C(SC(=C3SC4=C(SC(=C5SC6=C(SCCS6)S5)S4)S3)S2)S[C@@H]1CC. The molecule has 0 bridgehead atoms. The van der Waals surface area contributed by atoms with E-state index in [1.807, 2.05) is 94.1 Å². The molecule has 6 aliphatic heterocycles. The predicted octanol–water partition coefficient (Wildman–Crippen LogP) is 11.1. The molecule has 6 rings (SSSR count). The van der Waals surface area contributed by atoms with Crippen molar-refractivity contribution in [3.05, 3.63) is 42.4 Å². The molecule has 0 nitrogen and oxygen atoms in total. The molecule has 0 saturated carbocycles. The first kappa shape index (κ1) is 23.3. The van der Waals surface area contributed by atoms with Crippen molar-refractivity contribution in [2.45, 2.75) is 37.2 Å². The monoisotopic (exact) mass is 616 g/mol. The molecule has 0 radical (unpaired) electrons. The minimum absolute atomic E-state index is 0.778. The van der Waals surface area contributed by atoms with Crippen molar-refractivity contribution >= 4 is 141 Å². The van der Waals surface area contributed by atoms with Crippen molar-refractivity contribution in [3.8, 4) is 0 Å². The number of hydrogen-bond acceptors (Lipinski definition) is 12. The Morgan fingerprint density at radius 3 is 1.10 bits per heavy atom. The van der Waals surface area contributed by atoms with Gasteiger partial charge in [-0.3, -0.25) is 0 Å². The van der Waals surface area contributed by atoms with Crippen LogP contribution in [0.5, 0.6) is 0 Å². The van der Waals surface area contributed by atoms with Crippen LogP contribution in [0.1, 0.15) is 26.7 Å². The second-order valence-corrected chi connectivity index (χ2v) is 22.0. The smallest absolute Gasteiger partial charge is 0.0718 e. The van der Waals surface area contributed by atoms with E-state index < -0.39 is 0 Å². The number of thioether (sulfide) groups is 12. The molecule has 0 aromatic heterocycles. The molecule has 6 heterocycles. The summed E-state index contributed by atoms with van der Waals surface area (Å²) >= 11 is 24.6. The average Bonchev–Trinajstić information content (AvgIpc) is 3.52. The van der Waals surface area contributed by atoms with Crippen molar-refractivity contribution in [2.75, 3.05) is 11.5 Å². The zero-order valence-electron chi connectivity index (χ0n) is 15.9. The third kappa shape index (κ3) is 4.55. The van der Waals surface area contributed by atoms with Gasteiger partial charge in [-0.15, -0.1) is 47.0 Å². The van der Waals surface area contributed by atoms with E-state index in [9.17, 15) is 0 Å². The maximum absolute atomic E-state index is 2.35. The van der Waals surface area contributed by atoms with Gasteiger partial charge in [-0.25, -0.2) is 0 Å². The molecule has 0 unspecified atom stereocenters. The lowest BCUT2D eigenvalue weighted by Crippen LogP contribution is -2.20. The van der Waals surface area contributed by atoms with E-state index in [2.05, 4.69) is 60.9 Å². The minimum atomic E-state index is 0.778. The van der Waals surface area contributed by atoms with Gasteiger partial charge in [0, 0.05) is 22.0 Å². The summed E-state index contributed by atoms with van der Waals surface area (Å²) in [4.78, 5) is 0. The van der Waals surface area contributed by atoms with Crippen LogP contribution in [0.2, 0.25) is 0 Å². The number of rotatable bonds is 2. The lowest BCUT2D eigenvalue weighted by Gasteiger charge is -2.28. The highest BCUT2D eigenvalue weighted by Gasteiger charge is 2.40. The van der Waals surface area contributed by atoms with Crippen LogP contribution in [0.15, 0.2) is 42.4 Å². The molecule has 6 aliphatic rings. The molecular formula is C18H16S12. The summed E-state index contributed by atoms with van der Waals surface area (Å²) in [6.45, 7) is 4.70. The maximum atomic E-state index is 2.35. The van der Waals surface area contributed by atoms with Gasteiger partial charge in [0.1, 0.15) is 0 Å². The molecule has 0 saturated heterocycles. The predicted molar refractivity (Wildman–Crippen MR) is 164 cm³/mol. The molecule has 0 N–H and O–H groups in total. The zero-order chi connectivity index (χ0) is 20.2. The van der Waals surface area contributed by atoms with E-state index in [0.29, 0.717) is 0 Å². The van der Waals surface area contributed by atoms with E-state index >= 15 is 0 Å². The molecule has 0 spiro atoms. The lowest BCUT2D eigenvalue weighted by atomic mass is 10.2. The first-order valence-electron chi connectivity index (χ1n) is 9.45. The summed E-state index contributed by atoms with van der Waals surface area (Å²) < 4.78 is 15.4. The van der Waals surface area contributed by atoms with Crippen molar-refractivity contribution in [1.29, 1.82) is 0 Å². The fraction of sp³-hybridized carbons (Fsp3) is 0.444. The Bertz CT molecular complexity index is 886. The van der Waals surface area contributed by atoms with E-state index in [0.717, 1.165) is 10.5 Å². The van der Waals surface area contributed by atoms with Crippen LogP contribution >= 0.6 is 141 Å². The molecule has 0 fully saturated rings. The van der Waals surface area contributed by atoms with Gasteiger partial charge in [-0.2, -0.15) is 0 Å². The van der Waals surface area contributed by atoms with Gasteiger partial charge in [0.25, 0.3) is 0 Å². The Morgan fingerprint density at radius 2 is 0.767 bits per heavy atom. The van der Waals surface area contributed by atoms with Gasteiger partial charge in [0.15, 0.2) is 0 Å². The van der Waals surface area contributed by atoms with Crippen molar-refractivity contribution in [2.24, 2.45) is 0 Å². The fourth-order valence-corrected chi connectivity index (χ4v) is 22.9. The largest absolute Gasteiger partial charge is 0.116 e. The Labute approximate surface area is 229 Å². The molecule has 30 heavy (non-hydrogen) atoms. The third-order valence-electron chi connectivity index (χ3n) is 4.60. The first-order chi connectivity index (χ1) is 14.7. The van der Waals surface area contributed by atoms with Gasteiger partial charge in [-0.05, 0) is 12.8 Å². The second kappa shape index (κ2) is 10.1. The molecule has 12 heteroatoms. The summed E-state index contributed by atoms with van der Waals surface area (Å²) in [6.07, 6.45) is 2.55.